The number of halogens is 1. The van der Waals surface area contributed by atoms with Crippen LogP contribution in [0.5, 0.6) is 5.75 Å². The predicted octanol–water partition coefficient (Wildman–Crippen LogP) is 3.43. The summed E-state index contributed by atoms with van der Waals surface area (Å²) in [6, 6.07) is 14.2. The summed E-state index contributed by atoms with van der Waals surface area (Å²) in [5, 5.41) is 0. The van der Waals surface area contributed by atoms with Crippen LogP contribution in [0.4, 0.5) is 4.39 Å². The lowest BCUT2D eigenvalue weighted by atomic mass is 10.1. The zero-order chi connectivity index (χ0) is 23.1. The lowest BCUT2D eigenvalue weighted by molar-refractivity contribution is -0.141. The molecule has 0 unspecified atom stereocenters. The first-order valence-electron chi connectivity index (χ1n) is 10.9. The van der Waals surface area contributed by atoms with Crippen molar-refractivity contribution in [1.29, 1.82) is 0 Å². The van der Waals surface area contributed by atoms with Gasteiger partial charge in [-0.1, -0.05) is 30.3 Å². The van der Waals surface area contributed by atoms with E-state index in [0.29, 0.717) is 18.7 Å². The van der Waals surface area contributed by atoms with Crippen LogP contribution in [-0.4, -0.2) is 60.6 Å². The minimum absolute atomic E-state index is 0.0392. The van der Waals surface area contributed by atoms with Crippen molar-refractivity contribution in [2.75, 3.05) is 26.8 Å². The Kier molecular flexibility index (Phi) is 8.22. The number of amides is 1. The van der Waals surface area contributed by atoms with Gasteiger partial charge in [-0.15, -0.1) is 0 Å². The summed E-state index contributed by atoms with van der Waals surface area (Å²) >= 11 is 0. The van der Waals surface area contributed by atoms with Gasteiger partial charge in [0.05, 0.1) is 7.11 Å². The fraction of sp³-hybridized carbons (Fsp3) is 0.440. The molecule has 1 heterocycles. The second-order valence-electron chi connectivity index (χ2n) is 8.27. The SMILES string of the molecule is COC(=O)CCc1ccccc1OCC(=O)N1C[C@H](C)N(Cc2ccc(F)cc2)C[C@H]1C. The Morgan fingerprint density at radius 3 is 2.47 bits per heavy atom. The Morgan fingerprint density at radius 1 is 1.03 bits per heavy atom. The zero-order valence-electron chi connectivity index (χ0n) is 18.9. The molecule has 2 aromatic carbocycles. The van der Waals surface area contributed by atoms with Crippen LogP contribution in [0.25, 0.3) is 0 Å². The van der Waals surface area contributed by atoms with E-state index >= 15 is 0 Å². The highest BCUT2D eigenvalue weighted by atomic mass is 19.1. The highest BCUT2D eigenvalue weighted by Gasteiger charge is 2.32. The quantitative estimate of drug-likeness (QED) is 0.587. The van der Waals surface area contributed by atoms with Gasteiger partial charge in [-0.3, -0.25) is 14.5 Å². The average molecular weight is 443 g/mol. The standard InChI is InChI=1S/C25H31FN2O4/c1-18-15-28(19(2)14-27(18)16-20-8-11-22(26)12-9-20)24(29)17-32-23-7-5-4-6-21(23)10-13-25(30)31-3/h4-9,11-12,18-19H,10,13-17H2,1-3H3/t18-,19+/m0/s1. The number of ether oxygens (including phenoxy) is 2. The Labute approximate surface area is 188 Å². The number of para-hydroxylation sites is 1. The number of hydrogen-bond acceptors (Lipinski definition) is 5. The summed E-state index contributed by atoms with van der Waals surface area (Å²) in [5.41, 5.74) is 1.92. The lowest BCUT2D eigenvalue weighted by Crippen LogP contribution is -2.58. The molecule has 7 heteroatoms. The molecule has 0 bridgehead atoms. The van der Waals surface area contributed by atoms with E-state index in [4.69, 9.17) is 9.47 Å². The Morgan fingerprint density at radius 2 is 1.75 bits per heavy atom. The number of methoxy groups -OCH3 is 1. The van der Waals surface area contributed by atoms with Crippen LogP contribution in [0, 0.1) is 5.82 Å². The van der Waals surface area contributed by atoms with E-state index in [1.807, 2.05) is 36.1 Å². The van der Waals surface area contributed by atoms with Gasteiger partial charge in [0.1, 0.15) is 11.6 Å². The maximum absolute atomic E-state index is 13.2. The summed E-state index contributed by atoms with van der Waals surface area (Å²) in [6.45, 7) is 6.14. The van der Waals surface area contributed by atoms with Gasteiger partial charge in [-0.05, 0) is 49.6 Å². The van der Waals surface area contributed by atoms with Gasteiger partial charge in [0.15, 0.2) is 6.61 Å². The molecule has 1 saturated heterocycles. The molecule has 1 amide bonds. The number of carbonyl (C=O) groups excluding carboxylic acids is 2. The van der Waals surface area contributed by atoms with Crippen molar-refractivity contribution in [3.63, 3.8) is 0 Å². The first kappa shape index (κ1) is 23.7. The molecular weight excluding hydrogens is 411 g/mol. The molecule has 1 aliphatic rings. The van der Waals surface area contributed by atoms with E-state index in [0.717, 1.165) is 24.2 Å². The predicted molar refractivity (Wildman–Crippen MR) is 120 cm³/mol. The van der Waals surface area contributed by atoms with Crippen LogP contribution < -0.4 is 4.74 Å². The number of carbonyl (C=O) groups is 2. The van der Waals surface area contributed by atoms with E-state index in [1.165, 1.54) is 19.2 Å². The summed E-state index contributed by atoms with van der Waals surface area (Å²) in [4.78, 5) is 28.5. The summed E-state index contributed by atoms with van der Waals surface area (Å²) < 4.78 is 23.7. The summed E-state index contributed by atoms with van der Waals surface area (Å²) in [6.07, 6.45) is 0.752. The molecule has 0 aromatic heterocycles. The smallest absolute Gasteiger partial charge is 0.305 e. The molecule has 6 nitrogen and oxygen atoms in total. The molecule has 0 spiro atoms. The topological polar surface area (TPSA) is 59.1 Å². The molecular formula is C25H31FN2O4. The van der Waals surface area contributed by atoms with Crippen LogP contribution in [-0.2, 0) is 27.3 Å². The van der Waals surface area contributed by atoms with Crippen LogP contribution in [0.3, 0.4) is 0 Å². The number of piperazine rings is 1. The first-order chi connectivity index (χ1) is 15.4. The summed E-state index contributed by atoms with van der Waals surface area (Å²) in [5.74, 6) is 0.0311. The summed E-state index contributed by atoms with van der Waals surface area (Å²) in [7, 11) is 1.37. The van der Waals surface area contributed by atoms with Gasteiger partial charge in [-0.2, -0.15) is 0 Å². The number of benzene rings is 2. The van der Waals surface area contributed by atoms with Crippen LogP contribution in [0.1, 0.15) is 31.4 Å². The molecule has 0 aliphatic carbocycles. The van der Waals surface area contributed by atoms with Gasteiger partial charge in [0, 0.05) is 38.1 Å². The average Bonchev–Trinajstić information content (AvgIpc) is 2.80. The van der Waals surface area contributed by atoms with Gasteiger partial charge in [0.2, 0.25) is 0 Å². The Balaban J connectivity index is 1.55. The minimum Gasteiger partial charge on any atom is -0.483 e. The van der Waals surface area contributed by atoms with Crippen LogP contribution in [0.2, 0.25) is 0 Å². The molecule has 0 saturated carbocycles. The van der Waals surface area contributed by atoms with Gasteiger partial charge in [0.25, 0.3) is 5.91 Å². The lowest BCUT2D eigenvalue weighted by Gasteiger charge is -2.44. The third-order valence-electron chi connectivity index (χ3n) is 5.88. The van der Waals surface area contributed by atoms with Gasteiger partial charge in [-0.25, -0.2) is 4.39 Å². The number of aryl methyl sites for hydroxylation is 1. The fourth-order valence-electron chi connectivity index (χ4n) is 4.00. The molecule has 1 fully saturated rings. The highest BCUT2D eigenvalue weighted by Crippen LogP contribution is 2.22. The maximum atomic E-state index is 13.2. The Bertz CT molecular complexity index is 918. The highest BCUT2D eigenvalue weighted by molar-refractivity contribution is 5.78. The minimum atomic E-state index is -0.280. The second-order valence-corrected chi connectivity index (χ2v) is 8.27. The molecule has 0 N–H and O–H groups in total. The normalized spacial score (nSPS) is 18.9. The van der Waals surface area contributed by atoms with E-state index in [1.54, 1.807) is 12.1 Å². The monoisotopic (exact) mass is 442 g/mol. The third kappa shape index (κ3) is 6.29. The Hall–Kier alpha value is -2.93. The van der Waals surface area contributed by atoms with Crippen molar-refractivity contribution < 1.29 is 23.5 Å². The maximum Gasteiger partial charge on any atom is 0.305 e. The number of hydrogen-bond donors (Lipinski definition) is 0. The van der Waals surface area contributed by atoms with E-state index < -0.39 is 0 Å². The number of rotatable bonds is 8. The molecule has 32 heavy (non-hydrogen) atoms. The second kappa shape index (κ2) is 11.1. The van der Waals surface area contributed by atoms with Gasteiger partial charge < -0.3 is 14.4 Å². The van der Waals surface area contributed by atoms with E-state index in [2.05, 4.69) is 11.8 Å². The van der Waals surface area contributed by atoms with Crippen molar-refractivity contribution in [2.24, 2.45) is 0 Å². The molecule has 172 valence electrons. The van der Waals surface area contributed by atoms with Crippen LogP contribution in [0.15, 0.2) is 48.5 Å². The largest absolute Gasteiger partial charge is 0.483 e. The molecule has 3 rings (SSSR count). The third-order valence-corrected chi connectivity index (χ3v) is 5.88. The zero-order valence-corrected chi connectivity index (χ0v) is 18.9. The van der Waals surface area contributed by atoms with Crippen LogP contribution >= 0.6 is 0 Å². The number of nitrogens with zero attached hydrogens (tertiary/aromatic N) is 2. The molecule has 0 radical (unpaired) electrons. The van der Waals surface area contributed by atoms with Crippen molar-refractivity contribution in [2.45, 2.75) is 45.3 Å². The van der Waals surface area contributed by atoms with Crippen molar-refractivity contribution in [3.8, 4) is 5.75 Å². The van der Waals surface area contributed by atoms with Crippen molar-refractivity contribution in [3.05, 3.63) is 65.5 Å². The number of esters is 1. The van der Waals surface area contributed by atoms with E-state index in [9.17, 15) is 14.0 Å². The molecule has 2 atom stereocenters. The van der Waals surface area contributed by atoms with E-state index in [-0.39, 0.29) is 42.8 Å². The first-order valence-corrected chi connectivity index (χ1v) is 10.9. The van der Waals surface area contributed by atoms with Crippen molar-refractivity contribution in [1.82, 2.24) is 9.80 Å². The molecule has 2 aromatic rings. The molecule has 1 aliphatic heterocycles. The van der Waals surface area contributed by atoms with Gasteiger partial charge >= 0.3 is 5.97 Å². The van der Waals surface area contributed by atoms with Crippen molar-refractivity contribution >= 4 is 11.9 Å². The fourth-order valence-corrected chi connectivity index (χ4v) is 4.00.